The molecule has 0 unspecified atom stereocenters. The summed E-state index contributed by atoms with van der Waals surface area (Å²) >= 11 is 0. The molecule has 2 heterocycles. The first-order valence-corrected chi connectivity index (χ1v) is 12.3. The van der Waals surface area contributed by atoms with Crippen LogP contribution in [0, 0.1) is 0 Å². The molecule has 8 nitrogen and oxygen atoms in total. The first kappa shape index (κ1) is 25.3. The summed E-state index contributed by atoms with van der Waals surface area (Å²) in [5.41, 5.74) is 2.35. The number of methoxy groups -OCH3 is 1. The number of fused-ring (bicyclic) bond motifs is 2. The van der Waals surface area contributed by atoms with Crippen LogP contribution in [0.2, 0.25) is 0 Å². The normalized spacial score (nSPS) is 20.8. The number of hydrogen-bond donors (Lipinski definition) is 2. The molecule has 3 aliphatic rings. The number of carbonyl (C=O) groups excluding carboxylic acids is 2. The van der Waals surface area contributed by atoms with Gasteiger partial charge in [0.2, 0.25) is 5.76 Å². The molecule has 0 bridgehead atoms. The maximum atomic E-state index is 12.6. The second-order valence-electron chi connectivity index (χ2n) is 9.50. The lowest BCUT2D eigenvalue weighted by Gasteiger charge is -2.29. The van der Waals surface area contributed by atoms with Crippen molar-refractivity contribution in [3.63, 3.8) is 0 Å². The van der Waals surface area contributed by atoms with E-state index in [0.717, 1.165) is 22.3 Å². The highest BCUT2D eigenvalue weighted by atomic mass is 16.6. The van der Waals surface area contributed by atoms with Crippen molar-refractivity contribution in [3.05, 3.63) is 34.6 Å². The van der Waals surface area contributed by atoms with E-state index in [9.17, 15) is 14.7 Å². The third-order valence-corrected chi connectivity index (χ3v) is 6.99. The number of hydrogen-bond acceptors (Lipinski definition) is 8. The Labute approximate surface area is 205 Å². The molecular formula is C27H34O8. The molecule has 2 aliphatic heterocycles. The summed E-state index contributed by atoms with van der Waals surface area (Å²) in [5.74, 6) is 1.30. The number of allylic oxidation sites excluding steroid dienone is 3. The zero-order valence-electron chi connectivity index (χ0n) is 20.6. The molecule has 1 aliphatic carbocycles. The van der Waals surface area contributed by atoms with E-state index in [1.165, 1.54) is 0 Å². The first-order valence-electron chi connectivity index (χ1n) is 12.3. The van der Waals surface area contributed by atoms with Crippen LogP contribution in [0.15, 0.2) is 23.5 Å². The number of ether oxygens (including phenoxy) is 4. The number of unbranched alkanes of at least 4 members (excludes halogenated alkanes) is 1. The maximum Gasteiger partial charge on any atom is 0.374 e. The highest BCUT2D eigenvalue weighted by Crippen LogP contribution is 2.51. The minimum absolute atomic E-state index is 0.0753. The topological polar surface area (TPSA) is 112 Å². The van der Waals surface area contributed by atoms with Gasteiger partial charge >= 0.3 is 5.97 Å². The fourth-order valence-electron chi connectivity index (χ4n) is 5.03. The summed E-state index contributed by atoms with van der Waals surface area (Å²) in [6.07, 6.45) is 5.59. The van der Waals surface area contributed by atoms with E-state index in [4.69, 9.17) is 24.1 Å². The van der Waals surface area contributed by atoms with Gasteiger partial charge in [-0.3, -0.25) is 4.79 Å². The van der Waals surface area contributed by atoms with Gasteiger partial charge in [0, 0.05) is 37.5 Å². The van der Waals surface area contributed by atoms with E-state index in [1.54, 1.807) is 33.1 Å². The van der Waals surface area contributed by atoms with Crippen molar-refractivity contribution in [2.45, 2.75) is 76.9 Å². The van der Waals surface area contributed by atoms with Crippen LogP contribution < -0.4 is 14.2 Å². The van der Waals surface area contributed by atoms with Gasteiger partial charge in [-0.2, -0.15) is 0 Å². The van der Waals surface area contributed by atoms with Gasteiger partial charge in [0.15, 0.2) is 0 Å². The Kier molecular flexibility index (Phi) is 7.52. The van der Waals surface area contributed by atoms with Crippen LogP contribution in [-0.4, -0.2) is 54.0 Å². The van der Waals surface area contributed by atoms with Crippen molar-refractivity contribution in [1.82, 2.24) is 0 Å². The fourth-order valence-corrected chi connectivity index (χ4v) is 5.03. The number of benzene rings is 1. The number of aliphatic hydroxyl groups excluding tert-OH is 1. The number of ketones is 1. The first-order chi connectivity index (χ1) is 16.8. The van der Waals surface area contributed by atoms with Crippen LogP contribution in [0.5, 0.6) is 17.2 Å². The Morgan fingerprint density at radius 3 is 2.60 bits per heavy atom. The third-order valence-electron chi connectivity index (χ3n) is 6.99. The molecule has 8 heteroatoms. The lowest BCUT2D eigenvalue weighted by Crippen LogP contribution is -2.42. The number of rotatable bonds is 8. The Balaban J connectivity index is 1.76. The fraction of sp³-hybridized carbons (Fsp3) is 0.556. The Hall–Kier alpha value is -2.84. The van der Waals surface area contributed by atoms with Gasteiger partial charge in [0.25, 0.3) is 0 Å². The highest BCUT2D eigenvalue weighted by molar-refractivity contribution is 5.97. The van der Waals surface area contributed by atoms with Crippen LogP contribution in [0.1, 0.15) is 69.9 Å². The van der Waals surface area contributed by atoms with Crippen LogP contribution in [0.25, 0.3) is 5.57 Å². The van der Waals surface area contributed by atoms with Crippen molar-refractivity contribution >= 4 is 17.3 Å². The zero-order valence-corrected chi connectivity index (χ0v) is 20.6. The van der Waals surface area contributed by atoms with Gasteiger partial charge in [0.1, 0.15) is 29.1 Å². The minimum atomic E-state index is -1.10. The molecule has 4 rings (SSSR count). The van der Waals surface area contributed by atoms with Crippen molar-refractivity contribution < 1.29 is 38.7 Å². The van der Waals surface area contributed by atoms with Crippen LogP contribution in [-0.2, 0) is 20.7 Å². The number of esters is 1. The molecule has 1 saturated carbocycles. The van der Waals surface area contributed by atoms with Gasteiger partial charge in [-0.15, -0.1) is 0 Å². The second-order valence-corrected chi connectivity index (χ2v) is 9.50. The molecule has 1 fully saturated rings. The SMILES string of the molecule is CCOC(=O)C1=CC(=C2CCC(=O)CC2)c2c(cc3c(c2OC)C[C@@H]([C@@](C)(O)CCCCO)O3)O1. The zero-order chi connectivity index (χ0) is 25.2. The molecule has 0 aromatic heterocycles. The Morgan fingerprint density at radius 1 is 1.20 bits per heavy atom. The largest absolute Gasteiger partial charge is 0.496 e. The molecule has 2 atom stereocenters. The number of Topliss-reactive ketones (excluding diaryl/α,β-unsaturated/α-hetero) is 1. The lowest BCUT2D eigenvalue weighted by molar-refractivity contribution is -0.141. The number of aliphatic hydroxyl groups is 2. The smallest absolute Gasteiger partial charge is 0.374 e. The van der Waals surface area contributed by atoms with Gasteiger partial charge in [-0.25, -0.2) is 4.79 Å². The minimum Gasteiger partial charge on any atom is -0.496 e. The molecule has 1 aromatic rings. The molecule has 190 valence electrons. The summed E-state index contributed by atoms with van der Waals surface area (Å²) in [6, 6.07) is 1.75. The number of carbonyl (C=O) groups is 2. The molecule has 2 N–H and O–H groups in total. The molecule has 0 saturated heterocycles. The van der Waals surface area contributed by atoms with Crippen molar-refractivity contribution in [3.8, 4) is 17.2 Å². The van der Waals surface area contributed by atoms with E-state index >= 15 is 0 Å². The predicted molar refractivity (Wildman–Crippen MR) is 128 cm³/mol. The van der Waals surface area contributed by atoms with Gasteiger partial charge in [-0.1, -0.05) is 5.57 Å². The average molecular weight is 487 g/mol. The van der Waals surface area contributed by atoms with Crippen molar-refractivity contribution in [1.29, 1.82) is 0 Å². The summed E-state index contributed by atoms with van der Waals surface area (Å²) in [4.78, 5) is 24.5. The third kappa shape index (κ3) is 5.09. The lowest BCUT2D eigenvalue weighted by atomic mass is 9.84. The highest BCUT2D eigenvalue weighted by Gasteiger charge is 2.42. The van der Waals surface area contributed by atoms with E-state index in [2.05, 4.69) is 0 Å². The summed E-state index contributed by atoms with van der Waals surface area (Å²) < 4.78 is 23.2. The van der Waals surface area contributed by atoms with Crippen molar-refractivity contribution in [2.75, 3.05) is 20.3 Å². The van der Waals surface area contributed by atoms with Crippen molar-refractivity contribution in [2.24, 2.45) is 0 Å². The Bertz CT molecular complexity index is 1050. The van der Waals surface area contributed by atoms with Gasteiger partial charge in [0.05, 0.1) is 24.9 Å². The summed E-state index contributed by atoms with van der Waals surface area (Å²) in [7, 11) is 1.58. The molecule has 0 spiro atoms. The molecular weight excluding hydrogens is 452 g/mol. The van der Waals surface area contributed by atoms with E-state index in [-0.39, 0.29) is 24.8 Å². The molecule has 0 amide bonds. The average Bonchev–Trinajstić information content (AvgIpc) is 3.27. The molecule has 0 radical (unpaired) electrons. The van der Waals surface area contributed by atoms with Gasteiger partial charge < -0.3 is 29.2 Å². The standard InChI is InChI=1S/C27H34O8/c1-4-33-26(30)22-13-18(16-7-9-17(29)10-8-16)24-21(34-22)15-20-19(25(24)32-3)14-23(35-20)27(2,31)11-5-6-12-28/h13,15,23,28,31H,4-12,14H2,1-3H3/t23-,27-/m0/s1. The Morgan fingerprint density at radius 2 is 1.94 bits per heavy atom. The summed E-state index contributed by atoms with van der Waals surface area (Å²) in [6.45, 7) is 3.78. The quantitative estimate of drug-likeness (QED) is 0.423. The maximum absolute atomic E-state index is 12.6. The van der Waals surface area contributed by atoms with Crippen LogP contribution in [0.3, 0.4) is 0 Å². The molecule has 1 aromatic carbocycles. The van der Waals surface area contributed by atoms with E-state index < -0.39 is 17.7 Å². The van der Waals surface area contributed by atoms with Gasteiger partial charge in [-0.05, 0) is 57.6 Å². The van der Waals surface area contributed by atoms with Crippen LogP contribution in [0.4, 0.5) is 0 Å². The predicted octanol–water partition coefficient (Wildman–Crippen LogP) is 3.65. The second kappa shape index (κ2) is 10.4. The van der Waals surface area contributed by atoms with E-state index in [1.807, 2.05) is 0 Å². The monoisotopic (exact) mass is 486 g/mol. The van der Waals surface area contributed by atoms with E-state index in [0.29, 0.717) is 68.6 Å². The summed E-state index contributed by atoms with van der Waals surface area (Å²) in [5, 5.41) is 20.2. The molecule has 35 heavy (non-hydrogen) atoms. The van der Waals surface area contributed by atoms with Crippen LogP contribution >= 0.6 is 0 Å².